The molecule has 1 aromatic carbocycles. The van der Waals surface area contributed by atoms with Crippen molar-refractivity contribution in [2.75, 3.05) is 14.2 Å². The minimum Gasteiger partial charge on any atom is -0.497 e. The minimum absolute atomic E-state index is 0.164. The Morgan fingerprint density at radius 2 is 2.04 bits per heavy atom. The van der Waals surface area contributed by atoms with Gasteiger partial charge in [-0.2, -0.15) is 0 Å². The number of hydrogen-bond acceptors (Lipinski definition) is 8. The third kappa shape index (κ3) is 4.37. The number of ether oxygens (including phenoxy) is 3. The zero-order chi connectivity index (χ0) is 20.1. The molecule has 0 bridgehead atoms. The minimum atomic E-state index is -0.734. The lowest BCUT2D eigenvalue weighted by atomic mass is 10.2. The van der Waals surface area contributed by atoms with E-state index in [1.165, 1.54) is 38.1 Å². The molecule has 0 aliphatic rings. The van der Waals surface area contributed by atoms with Crippen molar-refractivity contribution in [3.63, 3.8) is 0 Å². The summed E-state index contributed by atoms with van der Waals surface area (Å²) in [4.78, 5) is 28.9. The highest BCUT2D eigenvalue weighted by Gasteiger charge is 2.18. The second-order valence-electron chi connectivity index (χ2n) is 5.64. The van der Waals surface area contributed by atoms with Gasteiger partial charge in [0.25, 0.3) is 0 Å². The summed E-state index contributed by atoms with van der Waals surface area (Å²) >= 11 is 1.42. The molecule has 0 fully saturated rings. The van der Waals surface area contributed by atoms with Crippen LogP contribution in [0.25, 0.3) is 0 Å². The number of methoxy groups -OCH3 is 2. The first-order valence-corrected chi connectivity index (χ1v) is 9.16. The molecule has 8 nitrogen and oxygen atoms in total. The van der Waals surface area contributed by atoms with Gasteiger partial charge >= 0.3 is 5.97 Å². The van der Waals surface area contributed by atoms with E-state index in [2.05, 4.69) is 4.98 Å². The van der Waals surface area contributed by atoms with Gasteiger partial charge in [-0.1, -0.05) is 11.8 Å². The van der Waals surface area contributed by atoms with E-state index < -0.39 is 11.4 Å². The van der Waals surface area contributed by atoms with Crippen LogP contribution in [0.2, 0.25) is 0 Å². The number of hydrogen-bond donors (Lipinski definition) is 0. The Labute approximate surface area is 165 Å². The van der Waals surface area contributed by atoms with E-state index in [1.54, 1.807) is 18.3 Å². The van der Waals surface area contributed by atoms with Crippen molar-refractivity contribution in [2.24, 2.45) is 7.05 Å². The number of thioether (sulfide) groups is 1. The van der Waals surface area contributed by atoms with Crippen LogP contribution < -0.4 is 19.6 Å². The maximum Gasteiger partial charge on any atom is 0.347 e. The maximum absolute atomic E-state index is 12.4. The third-order valence-corrected chi connectivity index (χ3v) is 4.88. The molecular weight excluding hydrogens is 384 g/mol. The molecule has 0 aliphatic heterocycles. The zero-order valence-electron chi connectivity index (χ0n) is 15.5. The fourth-order valence-electron chi connectivity index (χ4n) is 2.34. The van der Waals surface area contributed by atoms with Crippen molar-refractivity contribution < 1.29 is 23.4 Å². The Balaban J connectivity index is 1.71. The van der Waals surface area contributed by atoms with E-state index >= 15 is 0 Å². The molecular formula is C19H18N2O6S. The summed E-state index contributed by atoms with van der Waals surface area (Å²) in [6, 6.07) is 5.94. The maximum atomic E-state index is 12.4. The van der Waals surface area contributed by atoms with Gasteiger partial charge in [0.1, 0.15) is 29.1 Å². The quantitative estimate of drug-likeness (QED) is 0.440. The highest BCUT2D eigenvalue weighted by atomic mass is 32.2. The van der Waals surface area contributed by atoms with Gasteiger partial charge < -0.3 is 23.2 Å². The van der Waals surface area contributed by atoms with Crippen molar-refractivity contribution in [1.82, 2.24) is 9.55 Å². The van der Waals surface area contributed by atoms with Gasteiger partial charge in [-0.15, -0.1) is 0 Å². The van der Waals surface area contributed by atoms with Gasteiger partial charge in [-0.25, -0.2) is 9.78 Å². The largest absolute Gasteiger partial charge is 0.497 e. The highest BCUT2D eigenvalue weighted by molar-refractivity contribution is 7.98. The summed E-state index contributed by atoms with van der Waals surface area (Å²) in [5, 5.41) is 0.796. The number of esters is 1. The first-order chi connectivity index (χ1) is 13.5. The van der Waals surface area contributed by atoms with Crippen LogP contribution in [0.15, 0.2) is 57.3 Å². The van der Waals surface area contributed by atoms with Crippen molar-refractivity contribution in [3.8, 4) is 17.2 Å². The molecule has 9 heteroatoms. The predicted octanol–water partition coefficient (Wildman–Crippen LogP) is 2.90. The standard InChI is InChI=1S/C19H18N2O6S/c1-21-7-6-20-19(21)28-11-13-8-15(22)17(10-26-13)27-18(23)14-5-4-12(24-2)9-16(14)25-3/h4-10H,11H2,1-3H3. The lowest BCUT2D eigenvalue weighted by molar-refractivity contribution is 0.0725. The van der Waals surface area contributed by atoms with Gasteiger partial charge in [-0.3, -0.25) is 4.79 Å². The SMILES string of the molecule is COc1ccc(C(=O)Oc2coc(CSc3nccn3C)cc2=O)c(OC)c1. The average molecular weight is 402 g/mol. The normalized spacial score (nSPS) is 10.5. The number of rotatable bonds is 7. The molecule has 28 heavy (non-hydrogen) atoms. The summed E-state index contributed by atoms with van der Waals surface area (Å²) in [6.07, 6.45) is 4.65. The molecule has 0 saturated carbocycles. The number of benzene rings is 1. The Kier molecular flexibility index (Phi) is 6.05. The van der Waals surface area contributed by atoms with Gasteiger partial charge in [0.15, 0.2) is 5.16 Å². The number of nitrogens with zero attached hydrogens (tertiary/aromatic N) is 2. The number of aromatic nitrogens is 2. The van der Waals surface area contributed by atoms with Gasteiger partial charge in [0.05, 0.1) is 20.0 Å². The number of carbonyl (C=O) groups excluding carboxylic acids is 1. The summed E-state index contributed by atoms with van der Waals surface area (Å²) in [5.74, 6) is 0.732. The van der Waals surface area contributed by atoms with Crippen LogP contribution in [0.4, 0.5) is 0 Å². The number of carbonyl (C=O) groups is 1. The van der Waals surface area contributed by atoms with Gasteiger partial charge in [0.2, 0.25) is 11.2 Å². The summed E-state index contributed by atoms with van der Waals surface area (Å²) in [7, 11) is 4.81. The fraction of sp³-hybridized carbons (Fsp3) is 0.211. The summed E-state index contributed by atoms with van der Waals surface area (Å²) in [5.41, 5.74) is -0.292. The Hall–Kier alpha value is -3.20. The Morgan fingerprint density at radius 3 is 2.68 bits per heavy atom. The molecule has 0 N–H and O–H groups in total. The Morgan fingerprint density at radius 1 is 1.21 bits per heavy atom. The predicted molar refractivity (Wildman–Crippen MR) is 102 cm³/mol. The topological polar surface area (TPSA) is 92.8 Å². The summed E-state index contributed by atoms with van der Waals surface area (Å²) in [6.45, 7) is 0. The van der Waals surface area contributed by atoms with E-state index in [0.717, 1.165) is 11.4 Å². The lowest BCUT2D eigenvalue weighted by Crippen LogP contribution is -2.15. The first kappa shape index (κ1) is 19.6. The van der Waals surface area contributed by atoms with Gasteiger partial charge in [-0.05, 0) is 12.1 Å². The molecule has 3 rings (SSSR count). The van der Waals surface area contributed by atoms with Crippen molar-refractivity contribution in [3.05, 3.63) is 64.5 Å². The number of aryl methyl sites for hydroxylation is 1. The number of imidazole rings is 1. The highest BCUT2D eigenvalue weighted by Crippen LogP contribution is 2.26. The van der Waals surface area contributed by atoms with Crippen LogP contribution in [0.1, 0.15) is 16.1 Å². The molecule has 0 saturated heterocycles. The molecule has 0 spiro atoms. The van der Waals surface area contributed by atoms with Crippen LogP contribution >= 0.6 is 11.8 Å². The van der Waals surface area contributed by atoms with Crippen molar-refractivity contribution in [1.29, 1.82) is 0 Å². The van der Waals surface area contributed by atoms with E-state index in [-0.39, 0.29) is 17.1 Å². The molecule has 3 aromatic rings. The van der Waals surface area contributed by atoms with E-state index in [1.807, 2.05) is 17.8 Å². The van der Waals surface area contributed by atoms with Crippen molar-refractivity contribution in [2.45, 2.75) is 10.9 Å². The molecule has 2 heterocycles. The monoisotopic (exact) mass is 402 g/mol. The van der Waals surface area contributed by atoms with Crippen LogP contribution in [0.5, 0.6) is 17.2 Å². The Bertz CT molecular complexity index is 1040. The molecule has 0 unspecified atom stereocenters. The van der Waals surface area contributed by atoms with Crippen LogP contribution in [-0.4, -0.2) is 29.7 Å². The molecule has 146 valence electrons. The first-order valence-electron chi connectivity index (χ1n) is 8.18. The molecule has 0 atom stereocenters. The van der Waals surface area contributed by atoms with Crippen LogP contribution in [-0.2, 0) is 12.8 Å². The molecule has 0 amide bonds. The molecule has 2 aromatic heterocycles. The molecule has 0 radical (unpaired) electrons. The second-order valence-corrected chi connectivity index (χ2v) is 6.58. The van der Waals surface area contributed by atoms with Crippen LogP contribution in [0, 0.1) is 0 Å². The summed E-state index contributed by atoms with van der Waals surface area (Å²) < 4.78 is 22.7. The molecule has 0 aliphatic carbocycles. The average Bonchev–Trinajstić information content (AvgIpc) is 3.12. The van der Waals surface area contributed by atoms with E-state index in [9.17, 15) is 9.59 Å². The van der Waals surface area contributed by atoms with Crippen LogP contribution in [0.3, 0.4) is 0 Å². The van der Waals surface area contributed by atoms with E-state index in [4.69, 9.17) is 18.6 Å². The zero-order valence-corrected chi connectivity index (χ0v) is 16.3. The fourth-order valence-corrected chi connectivity index (χ4v) is 3.16. The lowest BCUT2D eigenvalue weighted by Gasteiger charge is -2.10. The van der Waals surface area contributed by atoms with E-state index in [0.29, 0.717) is 17.3 Å². The van der Waals surface area contributed by atoms with Crippen molar-refractivity contribution >= 4 is 17.7 Å². The van der Waals surface area contributed by atoms with Gasteiger partial charge in [0, 0.05) is 31.6 Å². The smallest absolute Gasteiger partial charge is 0.347 e. The second kappa shape index (κ2) is 8.66. The third-order valence-electron chi connectivity index (χ3n) is 3.80.